The second-order valence-corrected chi connectivity index (χ2v) is 5.98. The lowest BCUT2D eigenvalue weighted by Gasteiger charge is -2.28. The molecule has 0 atom stereocenters. The van der Waals surface area contributed by atoms with Crippen molar-refractivity contribution >= 4 is 23.7 Å². The molecule has 3 aliphatic rings. The van der Waals surface area contributed by atoms with Gasteiger partial charge in [0.25, 0.3) is 0 Å². The Labute approximate surface area is 117 Å². The number of carbonyl (C=O) groups excluding carboxylic acids is 2. The Kier molecular flexibility index (Phi) is 4.69. The van der Waals surface area contributed by atoms with Gasteiger partial charge in [0.1, 0.15) is 12.2 Å². The highest BCUT2D eigenvalue weighted by atomic mass is 32.2. The standard InChI is InChI=1S/C14H18O4S/c1-9-10(2)19-8-7-13(15)17-11-3-5-12(6-4-11)18-14(9)16/h11-12H,1-8H2. The van der Waals surface area contributed by atoms with Gasteiger partial charge in [0.2, 0.25) is 0 Å². The highest BCUT2D eigenvalue weighted by Crippen LogP contribution is 2.28. The van der Waals surface area contributed by atoms with Crippen molar-refractivity contribution in [1.29, 1.82) is 0 Å². The van der Waals surface area contributed by atoms with Crippen LogP contribution in [-0.4, -0.2) is 29.9 Å². The van der Waals surface area contributed by atoms with Gasteiger partial charge in [-0.25, -0.2) is 4.79 Å². The fourth-order valence-corrected chi connectivity index (χ4v) is 2.97. The van der Waals surface area contributed by atoms with Gasteiger partial charge in [-0.3, -0.25) is 4.79 Å². The van der Waals surface area contributed by atoms with Crippen molar-refractivity contribution < 1.29 is 19.1 Å². The second-order valence-electron chi connectivity index (χ2n) is 4.79. The van der Waals surface area contributed by atoms with Crippen molar-refractivity contribution in [2.24, 2.45) is 0 Å². The van der Waals surface area contributed by atoms with Crippen molar-refractivity contribution in [2.75, 3.05) is 5.75 Å². The number of ether oxygens (including phenoxy) is 2. The Balaban J connectivity index is 2.07. The Morgan fingerprint density at radius 3 is 2.21 bits per heavy atom. The van der Waals surface area contributed by atoms with E-state index in [0.717, 1.165) is 25.7 Å². The van der Waals surface area contributed by atoms with E-state index in [-0.39, 0.29) is 18.2 Å². The highest BCUT2D eigenvalue weighted by Gasteiger charge is 2.27. The SMILES string of the molecule is C=C1SCCC(=O)OC2CCC(CC2)OC(=O)C1=C. The minimum atomic E-state index is -0.396. The summed E-state index contributed by atoms with van der Waals surface area (Å²) in [5.41, 5.74) is 0.291. The lowest BCUT2D eigenvalue weighted by Crippen LogP contribution is -2.29. The Bertz CT molecular complexity index is 408. The summed E-state index contributed by atoms with van der Waals surface area (Å²) in [6.45, 7) is 7.51. The summed E-state index contributed by atoms with van der Waals surface area (Å²) in [7, 11) is 0. The van der Waals surface area contributed by atoms with Crippen molar-refractivity contribution in [3.63, 3.8) is 0 Å². The van der Waals surface area contributed by atoms with Crippen LogP contribution < -0.4 is 0 Å². The molecule has 5 heteroatoms. The molecule has 2 saturated heterocycles. The van der Waals surface area contributed by atoms with E-state index in [1.54, 1.807) is 0 Å². The predicted octanol–water partition coefficient (Wildman–Crippen LogP) is 2.59. The summed E-state index contributed by atoms with van der Waals surface area (Å²) in [6.07, 6.45) is 3.17. The van der Waals surface area contributed by atoms with Crippen molar-refractivity contribution in [3.8, 4) is 0 Å². The molecule has 0 unspecified atom stereocenters. The third-order valence-corrected chi connectivity index (χ3v) is 4.36. The maximum absolute atomic E-state index is 11.9. The van der Waals surface area contributed by atoms with Crippen LogP contribution in [0.5, 0.6) is 0 Å². The first-order chi connectivity index (χ1) is 9.06. The average molecular weight is 282 g/mol. The van der Waals surface area contributed by atoms with Gasteiger partial charge in [0.15, 0.2) is 0 Å². The molecule has 3 fully saturated rings. The normalized spacial score (nSPS) is 29.9. The third kappa shape index (κ3) is 3.86. The van der Waals surface area contributed by atoms with E-state index >= 15 is 0 Å². The summed E-state index contributed by atoms with van der Waals surface area (Å²) >= 11 is 1.34. The van der Waals surface area contributed by atoms with Crippen LogP contribution in [0.1, 0.15) is 32.1 Å². The van der Waals surface area contributed by atoms with E-state index < -0.39 is 5.97 Å². The molecule has 0 aromatic rings. The van der Waals surface area contributed by atoms with E-state index in [1.807, 2.05) is 0 Å². The molecule has 1 aliphatic carbocycles. The van der Waals surface area contributed by atoms with E-state index in [9.17, 15) is 9.59 Å². The zero-order valence-electron chi connectivity index (χ0n) is 10.9. The van der Waals surface area contributed by atoms with Crippen LogP contribution in [0.15, 0.2) is 23.6 Å². The Morgan fingerprint density at radius 2 is 1.58 bits per heavy atom. The quantitative estimate of drug-likeness (QED) is 0.505. The van der Waals surface area contributed by atoms with Crippen LogP contribution in [0.2, 0.25) is 0 Å². The second kappa shape index (κ2) is 6.28. The maximum Gasteiger partial charge on any atom is 0.338 e. The highest BCUT2D eigenvalue weighted by molar-refractivity contribution is 8.03. The molecule has 0 radical (unpaired) electrons. The molecule has 0 aromatic carbocycles. The molecule has 104 valence electrons. The first-order valence-electron chi connectivity index (χ1n) is 6.47. The molecule has 0 spiro atoms. The van der Waals surface area contributed by atoms with Gasteiger partial charge in [0, 0.05) is 10.7 Å². The molecule has 2 aliphatic heterocycles. The summed E-state index contributed by atoms with van der Waals surface area (Å²) in [6, 6.07) is 0. The van der Waals surface area contributed by atoms with Crippen molar-refractivity contribution in [3.05, 3.63) is 23.6 Å². The lowest BCUT2D eigenvalue weighted by molar-refractivity contribution is -0.155. The van der Waals surface area contributed by atoms with Gasteiger partial charge >= 0.3 is 11.9 Å². The first kappa shape index (κ1) is 14.2. The average Bonchev–Trinajstić information content (AvgIpc) is 2.40. The van der Waals surface area contributed by atoms with E-state index in [1.165, 1.54) is 11.8 Å². The molecular formula is C14H18O4S. The van der Waals surface area contributed by atoms with Gasteiger partial charge in [-0.2, -0.15) is 0 Å². The maximum atomic E-state index is 11.9. The molecule has 2 bridgehead atoms. The lowest BCUT2D eigenvalue weighted by atomic mass is 9.95. The van der Waals surface area contributed by atoms with Gasteiger partial charge < -0.3 is 9.47 Å². The van der Waals surface area contributed by atoms with Gasteiger partial charge in [-0.1, -0.05) is 13.2 Å². The number of rotatable bonds is 0. The van der Waals surface area contributed by atoms with E-state index in [2.05, 4.69) is 13.2 Å². The van der Waals surface area contributed by atoms with E-state index in [0.29, 0.717) is 22.7 Å². The number of fused-ring (bicyclic) bond motifs is 10. The molecule has 0 N–H and O–H groups in total. The zero-order valence-corrected chi connectivity index (χ0v) is 11.7. The summed E-state index contributed by atoms with van der Waals surface area (Å²) in [5, 5.41) is 0. The van der Waals surface area contributed by atoms with Gasteiger partial charge in [0.05, 0.1) is 12.0 Å². The fraction of sp³-hybridized carbons (Fsp3) is 0.571. The van der Waals surface area contributed by atoms with Crippen molar-refractivity contribution in [2.45, 2.75) is 44.3 Å². The van der Waals surface area contributed by atoms with Crippen LogP contribution in [0.4, 0.5) is 0 Å². The molecule has 0 aromatic heterocycles. The molecule has 2 heterocycles. The molecule has 3 rings (SSSR count). The first-order valence-corrected chi connectivity index (χ1v) is 7.46. The molecule has 4 nitrogen and oxygen atoms in total. The largest absolute Gasteiger partial charge is 0.462 e. The minimum Gasteiger partial charge on any atom is -0.462 e. The fourth-order valence-electron chi connectivity index (χ4n) is 2.19. The van der Waals surface area contributed by atoms with Crippen LogP contribution in [0.3, 0.4) is 0 Å². The number of thioether (sulfide) groups is 1. The Hall–Kier alpha value is -1.23. The number of carbonyl (C=O) groups is 2. The monoisotopic (exact) mass is 282 g/mol. The zero-order chi connectivity index (χ0) is 13.8. The third-order valence-electron chi connectivity index (χ3n) is 3.36. The summed E-state index contributed by atoms with van der Waals surface area (Å²) < 4.78 is 10.8. The Morgan fingerprint density at radius 1 is 1.00 bits per heavy atom. The van der Waals surface area contributed by atoms with Gasteiger partial charge in [-0.05, 0) is 25.7 Å². The van der Waals surface area contributed by atoms with Crippen LogP contribution in [0.25, 0.3) is 0 Å². The molecule has 19 heavy (non-hydrogen) atoms. The molecule has 0 amide bonds. The summed E-state index contributed by atoms with van der Waals surface area (Å²) in [5.74, 6) is -0.0339. The number of hydrogen-bond donors (Lipinski definition) is 0. The number of hydrogen-bond acceptors (Lipinski definition) is 5. The van der Waals surface area contributed by atoms with Crippen LogP contribution in [0, 0.1) is 0 Å². The van der Waals surface area contributed by atoms with E-state index in [4.69, 9.17) is 9.47 Å². The topological polar surface area (TPSA) is 52.6 Å². The molecular weight excluding hydrogens is 264 g/mol. The van der Waals surface area contributed by atoms with Crippen LogP contribution in [-0.2, 0) is 19.1 Å². The van der Waals surface area contributed by atoms with Crippen LogP contribution >= 0.6 is 11.8 Å². The predicted molar refractivity (Wildman–Crippen MR) is 73.6 cm³/mol. The summed E-state index contributed by atoms with van der Waals surface area (Å²) in [4.78, 5) is 24.1. The minimum absolute atomic E-state index is 0.0281. The smallest absolute Gasteiger partial charge is 0.338 e. The molecule has 1 saturated carbocycles. The van der Waals surface area contributed by atoms with Gasteiger partial charge in [-0.15, -0.1) is 11.8 Å². The van der Waals surface area contributed by atoms with Crippen molar-refractivity contribution in [1.82, 2.24) is 0 Å². The number of esters is 2.